The number of hydrogen-bond donors (Lipinski definition) is 1. The van der Waals surface area contributed by atoms with Crippen molar-refractivity contribution in [3.63, 3.8) is 0 Å². The average molecular weight is 294 g/mol. The first-order chi connectivity index (χ1) is 10.7. The molecule has 2 aromatic heterocycles. The molecule has 6 heteroatoms. The van der Waals surface area contributed by atoms with Gasteiger partial charge in [-0.1, -0.05) is 17.7 Å². The molecule has 0 aliphatic carbocycles. The lowest BCUT2D eigenvalue weighted by Gasteiger charge is -2.10. The van der Waals surface area contributed by atoms with E-state index in [9.17, 15) is 0 Å². The van der Waals surface area contributed by atoms with E-state index in [1.54, 1.807) is 24.5 Å². The van der Waals surface area contributed by atoms with Crippen LogP contribution < -0.4 is 15.2 Å². The Bertz CT molecular complexity index is 761. The van der Waals surface area contributed by atoms with Crippen LogP contribution in [0.2, 0.25) is 0 Å². The highest BCUT2D eigenvalue weighted by Crippen LogP contribution is 2.32. The van der Waals surface area contributed by atoms with E-state index in [0.29, 0.717) is 11.5 Å². The number of hydrogen-bond acceptors (Lipinski definition) is 6. The van der Waals surface area contributed by atoms with Crippen molar-refractivity contribution in [1.29, 1.82) is 0 Å². The Kier molecular flexibility index (Phi) is 3.82. The lowest BCUT2D eigenvalue weighted by molar-refractivity contribution is 0.437. The van der Waals surface area contributed by atoms with Gasteiger partial charge in [-0.3, -0.25) is 4.98 Å². The maximum atomic E-state index is 6.01. The molecule has 0 unspecified atom stereocenters. The van der Waals surface area contributed by atoms with Gasteiger partial charge < -0.3 is 15.2 Å². The number of rotatable bonds is 4. The van der Waals surface area contributed by atoms with Crippen LogP contribution in [0.25, 0.3) is 0 Å². The van der Waals surface area contributed by atoms with Gasteiger partial charge in [0, 0.05) is 6.20 Å². The second-order valence-corrected chi connectivity index (χ2v) is 4.60. The molecule has 0 radical (unpaired) electrons. The van der Waals surface area contributed by atoms with Gasteiger partial charge in [-0.05, 0) is 31.2 Å². The predicted molar refractivity (Wildman–Crippen MR) is 82.0 cm³/mol. The van der Waals surface area contributed by atoms with Gasteiger partial charge >= 0.3 is 0 Å². The van der Waals surface area contributed by atoms with Crippen molar-refractivity contribution in [2.75, 3.05) is 5.73 Å². The monoisotopic (exact) mass is 294 g/mol. The van der Waals surface area contributed by atoms with Crippen LogP contribution in [0, 0.1) is 6.92 Å². The predicted octanol–water partition coefficient (Wildman–Crippen LogP) is 3.35. The second-order valence-electron chi connectivity index (χ2n) is 4.60. The van der Waals surface area contributed by atoms with Crippen molar-refractivity contribution in [2.45, 2.75) is 6.92 Å². The summed E-state index contributed by atoms with van der Waals surface area (Å²) in [4.78, 5) is 12.0. The average Bonchev–Trinajstić information content (AvgIpc) is 2.54. The lowest BCUT2D eigenvalue weighted by atomic mass is 10.2. The number of aryl methyl sites for hydroxylation is 1. The number of pyridine rings is 1. The molecule has 6 nitrogen and oxygen atoms in total. The van der Waals surface area contributed by atoms with E-state index in [4.69, 9.17) is 15.2 Å². The highest BCUT2D eigenvalue weighted by Gasteiger charge is 2.12. The minimum Gasteiger partial charge on any atom is -0.437 e. The van der Waals surface area contributed by atoms with E-state index >= 15 is 0 Å². The molecule has 0 spiro atoms. The Hall–Kier alpha value is -3.15. The van der Waals surface area contributed by atoms with Gasteiger partial charge in [0.2, 0.25) is 11.8 Å². The fraction of sp³-hybridized carbons (Fsp3) is 0.0625. The summed E-state index contributed by atoms with van der Waals surface area (Å²) in [5.41, 5.74) is 7.38. The van der Waals surface area contributed by atoms with Gasteiger partial charge in [0.05, 0.1) is 6.20 Å². The minimum atomic E-state index is 0.227. The van der Waals surface area contributed by atoms with E-state index < -0.39 is 0 Å². The van der Waals surface area contributed by atoms with Gasteiger partial charge in [0.1, 0.15) is 17.8 Å². The topological polar surface area (TPSA) is 83.2 Å². The summed E-state index contributed by atoms with van der Waals surface area (Å²) in [6.45, 7) is 2.00. The Balaban J connectivity index is 1.84. The van der Waals surface area contributed by atoms with Crippen molar-refractivity contribution in [3.05, 3.63) is 60.7 Å². The fourth-order valence-electron chi connectivity index (χ4n) is 1.76. The molecule has 2 heterocycles. The van der Waals surface area contributed by atoms with Crippen molar-refractivity contribution in [1.82, 2.24) is 15.0 Å². The first kappa shape index (κ1) is 13.8. The number of benzene rings is 1. The Labute approximate surface area is 127 Å². The molecule has 3 aromatic rings. The molecule has 0 aliphatic rings. The molecule has 0 saturated heterocycles. The Morgan fingerprint density at radius 3 is 2.23 bits per heavy atom. The normalized spacial score (nSPS) is 10.2. The molecule has 0 saturated carbocycles. The van der Waals surface area contributed by atoms with Crippen LogP contribution in [-0.2, 0) is 0 Å². The van der Waals surface area contributed by atoms with Crippen LogP contribution in [0.1, 0.15) is 5.56 Å². The third kappa shape index (κ3) is 3.12. The van der Waals surface area contributed by atoms with E-state index in [2.05, 4.69) is 15.0 Å². The highest BCUT2D eigenvalue weighted by molar-refractivity contribution is 5.57. The smallest absolute Gasteiger partial charge is 0.249 e. The molecule has 0 fully saturated rings. The lowest BCUT2D eigenvalue weighted by Crippen LogP contribution is -2.00. The summed E-state index contributed by atoms with van der Waals surface area (Å²) in [6, 6.07) is 11.1. The van der Waals surface area contributed by atoms with Crippen LogP contribution in [0.4, 0.5) is 5.69 Å². The van der Waals surface area contributed by atoms with Crippen LogP contribution in [-0.4, -0.2) is 15.0 Å². The minimum absolute atomic E-state index is 0.227. The molecule has 2 N–H and O–H groups in total. The van der Waals surface area contributed by atoms with E-state index in [-0.39, 0.29) is 17.4 Å². The standard InChI is InChI=1S/C16H14N4O2/c1-11-4-6-12(7-5-11)21-15-14(17)16(20-10-19-15)22-13-3-2-8-18-9-13/h2-10H,17H2,1H3. The summed E-state index contributed by atoms with van der Waals surface area (Å²) in [7, 11) is 0. The van der Waals surface area contributed by atoms with Crippen molar-refractivity contribution >= 4 is 5.69 Å². The molecule has 22 heavy (non-hydrogen) atoms. The summed E-state index contributed by atoms with van der Waals surface area (Å²) >= 11 is 0. The molecule has 0 atom stereocenters. The number of nitrogens with two attached hydrogens (primary N) is 1. The molecule has 0 aliphatic heterocycles. The molecule has 0 amide bonds. The first-order valence-corrected chi connectivity index (χ1v) is 6.65. The van der Waals surface area contributed by atoms with Crippen molar-refractivity contribution < 1.29 is 9.47 Å². The molecular formula is C16H14N4O2. The number of aromatic nitrogens is 3. The maximum Gasteiger partial charge on any atom is 0.249 e. The SMILES string of the molecule is Cc1ccc(Oc2ncnc(Oc3cccnc3)c2N)cc1. The van der Waals surface area contributed by atoms with E-state index in [1.165, 1.54) is 6.33 Å². The zero-order chi connectivity index (χ0) is 15.4. The zero-order valence-electron chi connectivity index (χ0n) is 11.9. The molecule has 1 aromatic carbocycles. The van der Waals surface area contributed by atoms with Gasteiger partial charge in [-0.2, -0.15) is 9.97 Å². The van der Waals surface area contributed by atoms with Gasteiger partial charge in [-0.15, -0.1) is 0 Å². The zero-order valence-corrected chi connectivity index (χ0v) is 11.9. The highest BCUT2D eigenvalue weighted by atomic mass is 16.5. The third-order valence-electron chi connectivity index (χ3n) is 2.90. The molecule has 110 valence electrons. The fourth-order valence-corrected chi connectivity index (χ4v) is 1.76. The Morgan fingerprint density at radius 1 is 0.909 bits per heavy atom. The summed E-state index contributed by atoms with van der Waals surface area (Å²) in [6.07, 6.45) is 4.57. The number of anilines is 1. The molecule has 0 bridgehead atoms. The van der Waals surface area contributed by atoms with Crippen LogP contribution in [0.15, 0.2) is 55.1 Å². The molecule has 3 rings (SSSR count). The van der Waals surface area contributed by atoms with Crippen LogP contribution in [0.3, 0.4) is 0 Å². The van der Waals surface area contributed by atoms with Crippen molar-refractivity contribution in [2.24, 2.45) is 0 Å². The largest absolute Gasteiger partial charge is 0.437 e. The number of nitrogen functional groups attached to an aromatic ring is 1. The van der Waals surface area contributed by atoms with E-state index in [0.717, 1.165) is 5.56 Å². The number of ether oxygens (including phenoxy) is 2. The van der Waals surface area contributed by atoms with Gasteiger partial charge in [0.15, 0.2) is 5.69 Å². The quantitative estimate of drug-likeness (QED) is 0.794. The van der Waals surface area contributed by atoms with Crippen LogP contribution >= 0.6 is 0 Å². The third-order valence-corrected chi connectivity index (χ3v) is 2.90. The number of nitrogens with zero attached hydrogens (tertiary/aromatic N) is 3. The van der Waals surface area contributed by atoms with Gasteiger partial charge in [0.25, 0.3) is 0 Å². The van der Waals surface area contributed by atoms with E-state index in [1.807, 2.05) is 31.2 Å². The summed E-state index contributed by atoms with van der Waals surface area (Å²) in [5, 5.41) is 0. The summed E-state index contributed by atoms with van der Waals surface area (Å²) < 4.78 is 11.3. The van der Waals surface area contributed by atoms with Gasteiger partial charge in [-0.25, -0.2) is 0 Å². The van der Waals surface area contributed by atoms with Crippen molar-refractivity contribution in [3.8, 4) is 23.3 Å². The molecular weight excluding hydrogens is 280 g/mol. The second kappa shape index (κ2) is 6.09. The maximum absolute atomic E-state index is 6.01. The summed E-state index contributed by atoms with van der Waals surface area (Å²) in [5.74, 6) is 1.65. The van der Waals surface area contributed by atoms with Crippen LogP contribution in [0.5, 0.6) is 23.3 Å². The first-order valence-electron chi connectivity index (χ1n) is 6.65. The Morgan fingerprint density at radius 2 is 1.59 bits per heavy atom.